The summed E-state index contributed by atoms with van der Waals surface area (Å²) in [6.07, 6.45) is 0.867. The summed E-state index contributed by atoms with van der Waals surface area (Å²) in [7, 11) is 1.67. The van der Waals surface area contributed by atoms with Crippen LogP contribution in [0.25, 0.3) is 0 Å². The van der Waals surface area contributed by atoms with Crippen LogP contribution in [0.15, 0.2) is 24.3 Å². The van der Waals surface area contributed by atoms with E-state index in [9.17, 15) is 0 Å². The van der Waals surface area contributed by atoms with Crippen LogP contribution < -0.4 is 5.73 Å². The van der Waals surface area contributed by atoms with Gasteiger partial charge in [0.05, 0.1) is 25.4 Å². The number of methoxy groups -OCH3 is 1. The lowest BCUT2D eigenvalue weighted by Gasteiger charge is -2.21. The van der Waals surface area contributed by atoms with Crippen molar-refractivity contribution < 1.29 is 14.2 Å². The van der Waals surface area contributed by atoms with Crippen molar-refractivity contribution in [3.8, 4) is 0 Å². The topological polar surface area (TPSA) is 53.7 Å². The van der Waals surface area contributed by atoms with E-state index in [4.69, 9.17) is 19.9 Å². The summed E-state index contributed by atoms with van der Waals surface area (Å²) in [6.45, 7) is 6.70. The second-order valence-electron chi connectivity index (χ2n) is 4.97. The highest BCUT2D eigenvalue weighted by Gasteiger charge is 2.14. The van der Waals surface area contributed by atoms with E-state index in [2.05, 4.69) is 31.2 Å². The van der Waals surface area contributed by atoms with E-state index >= 15 is 0 Å². The SMILES string of the molecule is COCCOCCCOC(C)C(N)c1ccc(C)cc1. The van der Waals surface area contributed by atoms with E-state index in [0.29, 0.717) is 26.4 Å². The van der Waals surface area contributed by atoms with Gasteiger partial charge in [-0.3, -0.25) is 0 Å². The maximum Gasteiger partial charge on any atom is 0.0739 e. The first-order chi connectivity index (χ1) is 9.65. The van der Waals surface area contributed by atoms with Crippen LogP contribution in [0.5, 0.6) is 0 Å². The minimum atomic E-state index is -0.0926. The summed E-state index contributed by atoms with van der Waals surface area (Å²) in [5.74, 6) is 0. The largest absolute Gasteiger partial charge is 0.382 e. The van der Waals surface area contributed by atoms with Gasteiger partial charge in [-0.2, -0.15) is 0 Å². The van der Waals surface area contributed by atoms with E-state index in [1.807, 2.05) is 6.92 Å². The molecule has 114 valence electrons. The molecule has 0 amide bonds. The molecule has 0 aliphatic heterocycles. The average Bonchev–Trinajstić information content (AvgIpc) is 2.46. The van der Waals surface area contributed by atoms with Gasteiger partial charge >= 0.3 is 0 Å². The Hall–Kier alpha value is -0.940. The van der Waals surface area contributed by atoms with Gasteiger partial charge in [-0.15, -0.1) is 0 Å². The normalized spacial score (nSPS) is 14.2. The highest BCUT2D eigenvalue weighted by atomic mass is 16.5. The molecule has 4 nitrogen and oxygen atoms in total. The first-order valence-corrected chi connectivity index (χ1v) is 7.15. The van der Waals surface area contributed by atoms with Gasteiger partial charge in [0.1, 0.15) is 0 Å². The van der Waals surface area contributed by atoms with Gasteiger partial charge in [0.15, 0.2) is 0 Å². The quantitative estimate of drug-likeness (QED) is 0.669. The molecular formula is C16H27NO3. The minimum absolute atomic E-state index is 0.00307. The van der Waals surface area contributed by atoms with Crippen molar-refractivity contribution in [1.82, 2.24) is 0 Å². The third-order valence-electron chi connectivity index (χ3n) is 3.21. The molecule has 0 radical (unpaired) electrons. The molecule has 1 aromatic carbocycles. The van der Waals surface area contributed by atoms with Crippen LogP contribution in [0.4, 0.5) is 0 Å². The Morgan fingerprint density at radius 3 is 2.40 bits per heavy atom. The van der Waals surface area contributed by atoms with Gasteiger partial charge in [0.25, 0.3) is 0 Å². The molecule has 0 fully saturated rings. The Labute approximate surface area is 122 Å². The van der Waals surface area contributed by atoms with Gasteiger partial charge in [0.2, 0.25) is 0 Å². The van der Waals surface area contributed by atoms with Crippen molar-refractivity contribution in [2.45, 2.75) is 32.4 Å². The molecule has 0 aliphatic carbocycles. The fourth-order valence-corrected chi connectivity index (χ4v) is 1.84. The van der Waals surface area contributed by atoms with Gasteiger partial charge in [-0.25, -0.2) is 0 Å². The third-order valence-corrected chi connectivity index (χ3v) is 3.21. The van der Waals surface area contributed by atoms with E-state index in [-0.39, 0.29) is 12.1 Å². The molecule has 0 saturated heterocycles. The highest BCUT2D eigenvalue weighted by Crippen LogP contribution is 2.17. The first-order valence-electron chi connectivity index (χ1n) is 7.15. The van der Waals surface area contributed by atoms with E-state index in [1.54, 1.807) is 7.11 Å². The third kappa shape index (κ3) is 6.48. The number of rotatable bonds is 10. The molecular weight excluding hydrogens is 254 g/mol. The molecule has 0 bridgehead atoms. The summed E-state index contributed by atoms with van der Waals surface area (Å²) in [6, 6.07) is 8.18. The highest BCUT2D eigenvalue weighted by molar-refractivity contribution is 5.24. The van der Waals surface area contributed by atoms with Crippen molar-refractivity contribution >= 4 is 0 Å². The van der Waals surface area contributed by atoms with Crippen LogP contribution >= 0.6 is 0 Å². The van der Waals surface area contributed by atoms with E-state index in [1.165, 1.54) is 5.56 Å². The summed E-state index contributed by atoms with van der Waals surface area (Å²) in [4.78, 5) is 0. The Morgan fingerprint density at radius 2 is 1.75 bits per heavy atom. The number of hydrogen-bond acceptors (Lipinski definition) is 4. The Morgan fingerprint density at radius 1 is 1.05 bits per heavy atom. The lowest BCUT2D eigenvalue weighted by Crippen LogP contribution is -2.27. The lowest BCUT2D eigenvalue weighted by atomic mass is 10.0. The number of hydrogen-bond donors (Lipinski definition) is 1. The van der Waals surface area contributed by atoms with Gasteiger partial charge < -0.3 is 19.9 Å². The molecule has 2 N–H and O–H groups in total. The molecule has 0 saturated carbocycles. The fraction of sp³-hybridized carbons (Fsp3) is 0.625. The zero-order valence-electron chi connectivity index (χ0n) is 12.8. The van der Waals surface area contributed by atoms with Crippen LogP contribution in [0.3, 0.4) is 0 Å². The van der Waals surface area contributed by atoms with Crippen molar-refractivity contribution in [1.29, 1.82) is 0 Å². The molecule has 20 heavy (non-hydrogen) atoms. The molecule has 0 aliphatic rings. The molecule has 1 aromatic rings. The number of nitrogens with two attached hydrogens (primary N) is 1. The van der Waals surface area contributed by atoms with Crippen LogP contribution in [0.2, 0.25) is 0 Å². The van der Waals surface area contributed by atoms with Gasteiger partial charge in [0, 0.05) is 20.3 Å². The van der Waals surface area contributed by atoms with Crippen molar-refractivity contribution in [2.75, 3.05) is 33.5 Å². The second kappa shape index (κ2) is 9.88. The number of ether oxygens (including phenoxy) is 3. The van der Waals surface area contributed by atoms with E-state index in [0.717, 1.165) is 12.0 Å². The predicted octanol–water partition coefficient (Wildman–Crippen LogP) is 2.45. The molecule has 1 rings (SSSR count). The van der Waals surface area contributed by atoms with Gasteiger partial charge in [-0.1, -0.05) is 29.8 Å². The average molecular weight is 281 g/mol. The van der Waals surface area contributed by atoms with Crippen molar-refractivity contribution in [3.63, 3.8) is 0 Å². The number of aryl methyl sites for hydroxylation is 1. The summed E-state index contributed by atoms with van der Waals surface area (Å²) >= 11 is 0. The van der Waals surface area contributed by atoms with Gasteiger partial charge in [-0.05, 0) is 25.8 Å². The van der Waals surface area contributed by atoms with E-state index < -0.39 is 0 Å². The maximum absolute atomic E-state index is 6.20. The van der Waals surface area contributed by atoms with Crippen LogP contribution in [0.1, 0.15) is 30.5 Å². The summed E-state index contributed by atoms with van der Waals surface area (Å²) in [5, 5.41) is 0. The molecule has 4 heteroatoms. The first kappa shape index (κ1) is 17.1. The standard InChI is InChI=1S/C16H27NO3/c1-13-5-7-15(8-6-13)16(17)14(2)20-10-4-9-19-12-11-18-3/h5-8,14,16H,4,9-12,17H2,1-3H3. The van der Waals surface area contributed by atoms with Crippen LogP contribution in [0, 0.1) is 6.92 Å². The van der Waals surface area contributed by atoms with Crippen molar-refractivity contribution in [2.24, 2.45) is 5.73 Å². The summed E-state index contributed by atoms with van der Waals surface area (Å²) < 4.78 is 16.0. The van der Waals surface area contributed by atoms with Crippen LogP contribution in [-0.4, -0.2) is 39.6 Å². The lowest BCUT2D eigenvalue weighted by molar-refractivity contribution is 0.0208. The Bertz CT molecular complexity index is 353. The summed E-state index contributed by atoms with van der Waals surface area (Å²) in [5.41, 5.74) is 8.55. The molecule has 0 spiro atoms. The smallest absolute Gasteiger partial charge is 0.0739 e. The number of benzene rings is 1. The molecule has 2 unspecified atom stereocenters. The zero-order chi connectivity index (χ0) is 14.8. The molecule has 0 heterocycles. The van der Waals surface area contributed by atoms with Crippen LogP contribution in [-0.2, 0) is 14.2 Å². The molecule has 2 atom stereocenters. The second-order valence-corrected chi connectivity index (χ2v) is 4.97. The fourth-order valence-electron chi connectivity index (χ4n) is 1.84. The Kier molecular flexibility index (Phi) is 8.46. The predicted molar refractivity (Wildman–Crippen MR) is 80.8 cm³/mol. The van der Waals surface area contributed by atoms with Crippen molar-refractivity contribution in [3.05, 3.63) is 35.4 Å². The monoisotopic (exact) mass is 281 g/mol. The Balaban J connectivity index is 2.18. The maximum atomic E-state index is 6.20. The molecule has 0 aromatic heterocycles. The minimum Gasteiger partial charge on any atom is -0.382 e. The zero-order valence-corrected chi connectivity index (χ0v) is 12.8.